The van der Waals surface area contributed by atoms with Crippen LogP contribution in [-0.2, 0) is 15.6 Å². The van der Waals surface area contributed by atoms with E-state index in [0.717, 1.165) is 0 Å². The predicted molar refractivity (Wildman–Crippen MR) is 101 cm³/mol. The van der Waals surface area contributed by atoms with Crippen LogP contribution in [0.4, 0.5) is 10.2 Å². The molecule has 0 radical (unpaired) electrons. The van der Waals surface area contributed by atoms with Gasteiger partial charge in [-0.2, -0.15) is 0 Å². The highest BCUT2D eigenvalue weighted by Gasteiger charge is 2.23. The summed E-state index contributed by atoms with van der Waals surface area (Å²) in [7, 11) is 2.27. The lowest BCUT2D eigenvalue weighted by Crippen LogP contribution is -2.13. The van der Waals surface area contributed by atoms with Gasteiger partial charge in [-0.3, -0.25) is 0 Å². The number of carbonyl (C=O) groups excluding carboxylic acids is 1. The van der Waals surface area contributed by atoms with Crippen molar-refractivity contribution in [2.75, 3.05) is 32.5 Å². The van der Waals surface area contributed by atoms with Crippen LogP contribution in [-0.4, -0.2) is 42.7 Å². The van der Waals surface area contributed by atoms with Crippen molar-refractivity contribution < 1.29 is 18.7 Å². The maximum absolute atomic E-state index is 14.6. The number of aromatic nitrogens is 2. The zero-order valence-corrected chi connectivity index (χ0v) is 16.1. The Balaban J connectivity index is 2.72. The summed E-state index contributed by atoms with van der Waals surface area (Å²) in [6, 6.07) is 2.81. The van der Waals surface area contributed by atoms with Crippen LogP contribution in [0.3, 0.4) is 0 Å². The fourth-order valence-electron chi connectivity index (χ4n) is 2.01. The molecule has 1 aromatic heterocycles. The van der Waals surface area contributed by atoms with Gasteiger partial charge < -0.3 is 15.2 Å². The van der Waals surface area contributed by atoms with Crippen molar-refractivity contribution in [3.63, 3.8) is 0 Å². The molecule has 9 heteroatoms. The summed E-state index contributed by atoms with van der Waals surface area (Å²) in [6.07, 6.45) is 3.82. The number of nitrogens with zero attached hydrogens (tertiary/aromatic N) is 2. The van der Waals surface area contributed by atoms with Gasteiger partial charge in [0.1, 0.15) is 23.9 Å². The SMILES string of the molecule is COC(=O)c1nc(-c2ccc(Cl)c(OC)c2F)nc(N)c1C#C[S+](C)C. The van der Waals surface area contributed by atoms with Crippen molar-refractivity contribution in [1.29, 1.82) is 0 Å². The predicted octanol–water partition coefficient (Wildman–Crippen LogP) is 2.50. The first-order valence-corrected chi connectivity index (χ1v) is 9.59. The summed E-state index contributed by atoms with van der Waals surface area (Å²) in [5.41, 5.74) is 5.93. The first-order chi connectivity index (χ1) is 12.3. The van der Waals surface area contributed by atoms with Crippen LogP contribution >= 0.6 is 11.6 Å². The molecule has 1 aromatic carbocycles. The summed E-state index contributed by atoms with van der Waals surface area (Å²) in [4.78, 5) is 20.3. The first-order valence-electron chi connectivity index (χ1n) is 7.17. The minimum absolute atomic E-state index is 0.0200. The van der Waals surface area contributed by atoms with E-state index in [2.05, 4.69) is 21.1 Å². The molecule has 2 rings (SSSR count). The van der Waals surface area contributed by atoms with Crippen LogP contribution in [0.2, 0.25) is 5.02 Å². The van der Waals surface area contributed by atoms with Gasteiger partial charge in [0.15, 0.2) is 28.3 Å². The number of esters is 1. The number of anilines is 1. The molecule has 0 saturated carbocycles. The highest BCUT2D eigenvalue weighted by Crippen LogP contribution is 2.34. The number of ether oxygens (including phenoxy) is 2. The number of benzene rings is 1. The average Bonchev–Trinajstić information content (AvgIpc) is 2.59. The van der Waals surface area contributed by atoms with E-state index >= 15 is 0 Å². The van der Waals surface area contributed by atoms with Gasteiger partial charge in [0.05, 0.1) is 35.7 Å². The van der Waals surface area contributed by atoms with Crippen LogP contribution in [0, 0.1) is 17.0 Å². The molecule has 2 aromatic rings. The monoisotopic (exact) mass is 396 g/mol. The van der Waals surface area contributed by atoms with Crippen molar-refractivity contribution >= 4 is 34.3 Å². The van der Waals surface area contributed by atoms with E-state index in [1.807, 2.05) is 12.5 Å². The van der Waals surface area contributed by atoms with Gasteiger partial charge in [-0.15, -0.1) is 0 Å². The minimum Gasteiger partial charge on any atom is -0.492 e. The van der Waals surface area contributed by atoms with Crippen molar-refractivity contribution in [3.8, 4) is 28.3 Å². The topological polar surface area (TPSA) is 87.3 Å². The molecule has 1 heterocycles. The Labute approximate surface area is 158 Å². The van der Waals surface area contributed by atoms with E-state index in [9.17, 15) is 9.18 Å². The third kappa shape index (κ3) is 4.00. The zero-order chi connectivity index (χ0) is 19.4. The fourth-order valence-corrected chi connectivity index (χ4v) is 2.54. The molecule has 0 saturated heterocycles. The van der Waals surface area contributed by atoms with E-state index in [0.29, 0.717) is 0 Å². The largest absolute Gasteiger partial charge is 0.492 e. The Bertz CT molecular complexity index is 926. The molecule has 0 unspecified atom stereocenters. The van der Waals surface area contributed by atoms with Crippen LogP contribution in [0.1, 0.15) is 16.1 Å². The van der Waals surface area contributed by atoms with E-state index < -0.39 is 11.8 Å². The Morgan fingerprint density at radius 1 is 1.31 bits per heavy atom. The van der Waals surface area contributed by atoms with Crippen LogP contribution in [0.15, 0.2) is 12.1 Å². The van der Waals surface area contributed by atoms with Crippen molar-refractivity contribution in [2.45, 2.75) is 0 Å². The maximum atomic E-state index is 14.6. The molecule has 0 bridgehead atoms. The van der Waals surface area contributed by atoms with Crippen LogP contribution in [0.5, 0.6) is 5.75 Å². The molecule has 0 amide bonds. The number of rotatable bonds is 3. The molecule has 136 valence electrons. The van der Waals surface area contributed by atoms with Gasteiger partial charge >= 0.3 is 5.97 Å². The normalized spacial score (nSPS) is 10.3. The molecular formula is C17H16ClFN3O3S+. The van der Waals surface area contributed by atoms with Crippen molar-refractivity contribution in [2.24, 2.45) is 0 Å². The maximum Gasteiger partial charge on any atom is 0.358 e. The van der Waals surface area contributed by atoms with Gasteiger partial charge in [0.25, 0.3) is 0 Å². The molecule has 26 heavy (non-hydrogen) atoms. The average molecular weight is 397 g/mol. The Morgan fingerprint density at radius 2 is 2.00 bits per heavy atom. The zero-order valence-electron chi connectivity index (χ0n) is 14.5. The number of halogens is 2. The minimum atomic E-state index is -0.766. The molecule has 0 fully saturated rings. The van der Waals surface area contributed by atoms with Gasteiger partial charge in [-0.1, -0.05) is 11.6 Å². The van der Waals surface area contributed by atoms with Gasteiger partial charge in [0, 0.05) is 0 Å². The summed E-state index contributed by atoms with van der Waals surface area (Å²) in [6.45, 7) is 0. The molecule has 0 atom stereocenters. The lowest BCUT2D eigenvalue weighted by molar-refractivity contribution is 0.0593. The molecule has 2 N–H and O–H groups in total. The molecule has 0 aliphatic carbocycles. The lowest BCUT2D eigenvalue weighted by Gasteiger charge is -2.11. The number of hydrogen-bond acceptors (Lipinski definition) is 6. The van der Waals surface area contributed by atoms with Crippen molar-refractivity contribution in [3.05, 3.63) is 34.2 Å². The fraction of sp³-hybridized carbons (Fsp3) is 0.235. The Kier molecular flexibility index (Phi) is 6.29. The number of nitrogen functional groups attached to an aromatic ring is 1. The molecule has 6 nitrogen and oxygen atoms in total. The summed E-state index contributed by atoms with van der Waals surface area (Å²) >= 11 is 5.90. The molecule has 0 spiro atoms. The standard InChI is InChI=1S/C17H16ClFN3O3S/c1-24-14-11(18)6-5-9(12(14)19)16-21-13(17(23)25-2)10(15(20)22-16)7-8-26(3)4/h5-6H,1-4H3,(H2,20,21,22)/q+1. The molecule has 0 aliphatic rings. The highest BCUT2D eigenvalue weighted by atomic mass is 35.5. The highest BCUT2D eigenvalue weighted by molar-refractivity contribution is 8.00. The Morgan fingerprint density at radius 3 is 2.58 bits per heavy atom. The smallest absolute Gasteiger partial charge is 0.358 e. The third-order valence-electron chi connectivity index (χ3n) is 3.19. The van der Waals surface area contributed by atoms with Gasteiger partial charge in [-0.05, 0) is 18.1 Å². The first kappa shape index (κ1) is 19.8. The third-order valence-corrected chi connectivity index (χ3v) is 4.00. The molecule has 0 aliphatic heterocycles. The number of carbonyl (C=O) groups is 1. The van der Waals surface area contributed by atoms with E-state index in [-0.39, 0.29) is 50.1 Å². The van der Waals surface area contributed by atoms with Gasteiger partial charge in [-0.25, -0.2) is 19.2 Å². The number of hydrogen-bond donors (Lipinski definition) is 1. The second-order valence-electron chi connectivity index (χ2n) is 5.13. The second-order valence-corrected chi connectivity index (χ2v) is 7.38. The van der Waals surface area contributed by atoms with E-state index in [1.165, 1.54) is 26.4 Å². The van der Waals surface area contributed by atoms with Crippen LogP contribution in [0.25, 0.3) is 11.4 Å². The second kappa shape index (κ2) is 8.25. The van der Waals surface area contributed by atoms with E-state index in [4.69, 9.17) is 26.8 Å². The summed E-state index contributed by atoms with van der Waals surface area (Å²) in [5, 5.41) is 3.01. The summed E-state index contributed by atoms with van der Waals surface area (Å²) in [5.74, 6) is 0.961. The summed E-state index contributed by atoms with van der Waals surface area (Å²) < 4.78 is 24.3. The number of methoxy groups -OCH3 is 2. The lowest BCUT2D eigenvalue weighted by atomic mass is 10.1. The van der Waals surface area contributed by atoms with E-state index in [1.54, 1.807) is 0 Å². The van der Waals surface area contributed by atoms with Crippen LogP contribution < -0.4 is 10.5 Å². The Hall–Kier alpha value is -2.50. The number of nitrogens with two attached hydrogens (primary N) is 1. The molecular weight excluding hydrogens is 381 g/mol. The quantitative estimate of drug-likeness (QED) is 0.487. The van der Waals surface area contributed by atoms with Crippen molar-refractivity contribution in [1.82, 2.24) is 9.97 Å². The van der Waals surface area contributed by atoms with Gasteiger partial charge in [0.2, 0.25) is 0 Å².